The zero-order valence-corrected chi connectivity index (χ0v) is 13.6. The predicted octanol–water partition coefficient (Wildman–Crippen LogP) is 1.98. The molecule has 4 nitrogen and oxygen atoms in total. The third-order valence-electron chi connectivity index (χ3n) is 6.17. The summed E-state index contributed by atoms with van der Waals surface area (Å²) in [5, 5.41) is 0. The van der Waals surface area contributed by atoms with E-state index in [0.717, 1.165) is 18.8 Å². The minimum absolute atomic E-state index is 0.321. The van der Waals surface area contributed by atoms with Crippen LogP contribution in [0.15, 0.2) is 0 Å². The Labute approximate surface area is 129 Å². The van der Waals surface area contributed by atoms with Crippen molar-refractivity contribution < 1.29 is 4.79 Å². The van der Waals surface area contributed by atoms with E-state index >= 15 is 0 Å². The van der Waals surface area contributed by atoms with Gasteiger partial charge in [0, 0.05) is 31.2 Å². The van der Waals surface area contributed by atoms with Gasteiger partial charge in [0.2, 0.25) is 5.91 Å². The Morgan fingerprint density at radius 1 is 1.10 bits per heavy atom. The number of nitrogens with two attached hydrogens (primary N) is 1. The first-order chi connectivity index (χ1) is 10.0. The van der Waals surface area contributed by atoms with Crippen LogP contribution in [0.5, 0.6) is 0 Å². The molecule has 0 radical (unpaired) electrons. The highest BCUT2D eigenvalue weighted by molar-refractivity contribution is 5.78. The number of amides is 1. The molecule has 2 N–H and O–H groups in total. The van der Waals surface area contributed by atoms with Gasteiger partial charge in [0.1, 0.15) is 0 Å². The number of piperidine rings is 1. The maximum absolute atomic E-state index is 12.6. The fraction of sp³-hybridized carbons (Fsp3) is 0.941. The second kappa shape index (κ2) is 6.25. The van der Waals surface area contributed by atoms with Crippen molar-refractivity contribution in [2.24, 2.45) is 11.7 Å². The Morgan fingerprint density at radius 3 is 2.24 bits per heavy atom. The van der Waals surface area contributed by atoms with Crippen molar-refractivity contribution >= 4 is 5.91 Å². The summed E-state index contributed by atoms with van der Waals surface area (Å²) >= 11 is 0. The first kappa shape index (κ1) is 15.3. The lowest BCUT2D eigenvalue weighted by molar-refractivity contribution is -0.135. The summed E-state index contributed by atoms with van der Waals surface area (Å²) in [6.45, 7) is 2.94. The summed E-state index contributed by atoms with van der Waals surface area (Å²) in [6, 6.07) is 1.94. The van der Waals surface area contributed by atoms with Crippen molar-refractivity contribution in [3.05, 3.63) is 0 Å². The minimum atomic E-state index is 0.321. The molecule has 2 heterocycles. The molecule has 3 fully saturated rings. The topological polar surface area (TPSA) is 49.6 Å². The molecule has 2 unspecified atom stereocenters. The van der Waals surface area contributed by atoms with E-state index in [1.165, 1.54) is 38.5 Å². The van der Waals surface area contributed by atoms with Gasteiger partial charge in [-0.15, -0.1) is 0 Å². The lowest BCUT2D eigenvalue weighted by Crippen LogP contribution is -2.52. The molecular formula is C17H31N3O. The van der Waals surface area contributed by atoms with Crippen LogP contribution >= 0.6 is 0 Å². The van der Waals surface area contributed by atoms with Crippen LogP contribution in [0.25, 0.3) is 0 Å². The number of hydrogen-bond donors (Lipinski definition) is 1. The zero-order valence-electron chi connectivity index (χ0n) is 13.6. The van der Waals surface area contributed by atoms with Gasteiger partial charge < -0.3 is 10.6 Å². The number of likely N-dealkylation sites (N-methyl/N-ethyl adjacent to an activating group) is 1. The van der Waals surface area contributed by atoms with E-state index < -0.39 is 0 Å². The van der Waals surface area contributed by atoms with Crippen molar-refractivity contribution in [2.75, 3.05) is 13.6 Å². The van der Waals surface area contributed by atoms with Crippen molar-refractivity contribution in [3.63, 3.8) is 0 Å². The molecule has 2 atom stereocenters. The third-order valence-corrected chi connectivity index (χ3v) is 6.17. The monoisotopic (exact) mass is 293 g/mol. The average molecular weight is 293 g/mol. The highest BCUT2D eigenvalue weighted by atomic mass is 16.2. The first-order valence-electron chi connectivity index (χ1n) is 8.81. The van der Waals surface area contributed by atoms with Crippen LogP contribution in [0, 0.1) is 5.92 Å². The number of carbonyl (C=O) groups is 1. The number of nitrogens with zero attached hydrogens (tertiary/aromatic N) is 2. The maximum atomic E-state index is 12.6. The maximum Gasteiger partial charge on any atom is 0.236 e. The second-order valence-corrected chi connectivity index (χ2v) is 7.71. The Hall–Kier alpha value is -0.610. The predicted molar refractivity (Wildman–Crippen MR) is 84.9 cm³/mol. The van der Waals surface area contributed by atoms with E-state index in [2.05, 4.69) is 11.8 Å². The number of hydrogen-bond acceptors (Lipinski definition) is 3. The van der Waals surface area contributed by atoms with Crippen LogP contribution < -0.4 is 5.73 Å². The van der Waals surface area contributed by atoms with Crippen LogP contribution in [0.4, 0.5) is 0 Å². The molecule has 1 saturated carbocycles. The van der Waals surface area contributed by atoms with Gasteiger partial charge in [-0.25, -0.2) is 0 Å². The molecule has 2 saturated heterocycles. The normalized spacial score (nSPS) is 40.2. The molecule has 1 aliphatic carbocycles. The van der Waals surface area contributed by atoms with E-state index in [-0.39, 0.29) is 0 Å². The Balaban J connectivity index is 1.54. The summed E-state index contributed by atoms with van der Waals surface area (Å²) in [6.07, 6.45) is 9.52. The van der Waals surface area contributed by atoms with E-state index in [1.54, 1.807) is 0 Å². The summed E-state index contributed by atoms with van der Waals surface area (Å²) in [7, 11) is 2.01. The van der Waals surface area contributed by atoms with Gasteiger partial charge in [0.25, 0.3) is 0 Å². The van der Waals surface area contributed by atoms with Gasteiger partial charge >= 0.3 is 0 Å². The fourth-order valence-electron chi connectivity index (χ4n) is 4.68. The quantitative estimate of drug-likeness (QED) is 0.865. The summed E-state index contributed by atoms with van der Waals surface area (Å²) in [5.74, 6) is 1.16. The number of rotatable bonds is 3. The van der Waals surface area contributed by atoms with Crippen LogP contribution in [-0.4, -0.2) is 53.5 Å². The van der Waals surface area contributed by atoms with E-state index in [1.807, 2.05) is 11.9 Å². The van der Waals surface area contributed by atoms with E-state index in [0.29, 0.717) is 36.6 Å². The van der Waals surface area contributed by atoms with Crippen LogP contribution in [0.3, 0.4) is 0 Å². The van der Waals surface area contributed by atoms with Crippen molar-refractivity contribution in [1.29, 1.82) is 0 Å². The van der Waals surface area contributed by atoms with Crippen LogP contribution in [0.1, 0.15) is 58.3 Å². The lowest BCUT2D eigenvalue weighted by Gasteiger charge is -2.39. The highest BCUT2D eigenvalue weighted by Crippen LogP contribution is 2.35. The van der Waals surface area contributed by atoms with Crippen molar-refractivity contribution in [1.82, 2.24) is 9.80 Å². The van der Waals surface area contributed by atoms with Gasteiger partial charge in [0.15, 0.2) is 0 Å². The van der Waals surface area contributed by atoms with Crippen molar-refractivity contribution in [3.8, 4) is 0 Å². The molecule has 1 amide bonds. The Kier molecular flexibility index (Phi) is 4.55. The molecule has 2 aliphatic heterocycles. The largest absolute Gasteiger partial charge is 0.342 e. The highest BCUT2D eigenvalue weighted by Gasteiger charge is 2.40. The summed E-state index contributed by atoms with van der Waals surface area (Å²) < 4.78 is 0. The molecule has 4 heteroatoms. The van der Waals surface area contributed by atoms with Gasteiger partial charge in [-0.05, 0) is 57.3 Å². The molecule has 3 rings (SSSR count). The molecule has 3 aliphatic rings. The van der Waals surface area contributed by atoms with Crippen LogP contribution in [-0.2, 0) is 4.79 Å². The average Bonchev–Trinajstić information content (AvgIpc) is 2.70. The van der Waals surface area contributed by atoms with Gasteiger partial charge in [-0.2, -0.15) is 0 Å². The Bertz CT molecular complexity index is 364. The second-order valence-electron chi connectivity index (χ2n) is 7.71. The first-order valence-corrected chi connectivity index (χ1v) is 8.81. The number of fused-ring (bicyclic) bond motifs is 2. The van der Waals surface area contributed by atoms with Crippen LogP contribution in [0.2, 0.25) is 0 Å². The van der Waals surface area contributed by atoms with Crippen molar-refractivity contribution in [2.45, 2.75) is 82.5 Å². The minimum Gasteiger partial charge on any atom is -0.342 e. The van der Waals surface area contributed by atoms with Gasteiger partial charge in [-0.3, -0.25) is 9.69 Å². The molecule has 21 heavy (non-hydrogen) atoms. The lowest BCUT2D eigenvalue weighted by atomic mass is 9.86. The van der Waals surface area contributed by atoms with Gasteiger partial charge in [0.05, 0.1) is 6.54 Å². The van der Waals surface area contributed by atoms with E-state index in [9.17, 15) is 4.79 Å². The van der Waals surface area contributed by atoms with E-state index in [4.69, 9.17) is 5.73 Å². The van der Waals surface area contributed by atoms with Gasteiger partial charge in [-0.1, -0.05) is 6.92 Å². The summed E-state index contributed by atoms with van der Waals surface area (Å²) in [4.78, 5) is 17.1. The number of carbonyl (C=O) groups excluding carboxylic acids is 1. The molecule has 2 bridgehead atoms. The molecule has 0 aromatic carbocycles. The fourth-order valence-corrected chi connectivity index (χ4v) is 4.68. The molecule has 0 spiro atoms. The summed E-state index contributed by atoms with van der Waals surface area (Å²) in [5.41, 5.74) is 6.12. The smallest absolute Gasteiger partial charge is 0.236 e. The zero-order chi connectivity index (χ0) is 15.0. The SMILES string of the molecule is CC1CCC(N(C)C(=O)CN2C3CCC2CC(N)C3)CC1. The molecular weight excluding hydrogens is 262 g/mol. The third kappa shape index (κ3) is 3.26. The Morgan fingerprint density at radius 2 is 1.67 bits per heavy atom. The standard InChI is InChI=1S/C17H31N3O/c1-12-3-5-14(6-4-12)19(2)17(21)11-20-15-7-8-16(20)10-13(18)9-15/h12-16H,3-11,18H2,1-2H3. The molecule has 120 valence electrons. The molecule has 0 aromatic rings. The molecule has 0 aromatic heterocycles.